The van der Waals surface area contributed by atoms with E-state index in [0.29, 0.717) is 12.0 Å². The second-order valence-electron chi connectivity index (χ2n) is 10.0. The summed E-state index contributed by atoms with van der Waals surface area (Å²) in [4.78, 5) is 4.84. The first-order chi connectivity index (χ1) is 16.5. The van der Waals surface area contributed by atoms with Gasteiger partial charge in [0.15, 0.2) is 0 Å². The van der Waals surface area contributed by atoms with Gasteiger partial charge in [0.2, 0.25) is 0 Å². The number of ether oxygens (including phenoxy) is 1. The van der Waals surface area contributed by atoms with E-state index < -0.39 is 0 Å². The Labute approximate surface area is 203 Å². The Hall–Kier alpha value is -2.83. The Morgan fingerprint density at radius 3 is 2.62 bits per heavy atom. The Kier molecular flexibility index (Phi) is 6.61. The molecule has 0 amide bonds. The van der Waals surface area contributed by atoms with E-state index in [9.17, 15) is 0 Å². The molecule has 3 aliphatic rings. The lowest BCUT2D eigenvalue weighted by molar-refractivity contribution is 0.0282. The number of hydrogen-bond donors (Lipinski definition) is 1. The van der Waals surface area contributed by atoms with Crippen LogP contribution in [0.25, 0.3) is 11.3 Å². The van der Waals surface area contributed by atoms with Crippen LogP contribution in [-0.4, -0.2) is 61.6 Å². The molecule has 4 unspecified atom stereocenters. The molecule has 180 valence electrons. The van der Waals surface area contributed by atoms with E-state index in [-0.39, 0.29) is 0 Å². The van der Waals surface area contributed by atoms with Gasteiger partial charge in [-0.25, -0.2) is 0 Å². The average Bonchev–Trinajstić information content (AvgIpc) is 3.26. The molecule has 6 rings (SSSR count). The highest BCUT2D eigenvalue weighted by Gasteiger charge is 2.41. The molecule has 0 spiro atoms. The minimum Gasteiger partial charge on any atom is -0.496 e. The van der Waals surface area contributed by atoms with Crippen LogP contribution in [0.2, 0.25) is 0 Å². The standard InChI is InChI=1S/C28H37N5O/c1-31(2)22-11-9-20(10-12-22)17-29-18-23-15-21-13-14-33(23)19-25(21)27-16-26(30-32(27)3)24-7-5-6-8-28(24)34-4/h5-12,16,21,23,25,29H,13-15,17-19H2,1-4H3. The van der Waals surface area contributed by atoms with Crippen molar-refractivity contribution < 1.29 is 4.74 Å². The Morgan fingerprint density at radius 2 is 1.91 bits per heavy atom. The second kappa shape index (κ2) is 9.80. The molecule has 3 aliphatic heterocycles. The predicted molar refractivity (Wildman–Crippen MR) is 138 cm³/mol. The van der Waals surface area contributed by atoms with Crippen LogP contribution < -0.4 is 15.0 Å². The van der Waals surface area contributed by atoms with Gasteiger partial charge in [-0.3, -0.25) is 9.58 Å². The van der Waals surface area contributed by atoms with Gasteiger partial charge in [-0.15, -0.1) is 0 Å². The highest BCUT2D eigenvalue weighted by molar-refractivity contribution is 5.67. The summed E-state index contributed by atoms with van der Waals surface area (Å²) in [6.07, 6.45) is 2.54. The molecule has 0 saturated carbocycles. The Morgan fingerprint density at radius 1 is 1.12 bits per heavy atom. The van der Waals surface area contributed by atoms with Gasteiger partial charge >= 0.3 is 0 Å². The zero-order chi connectivity index (χ0) is 23.7. The number of nitrogens with one attached hydrogen (secondary N) is 1. The molecular weight excluding hydrogens is 422 g/mol. The van der Waals surface area contributed by atoms with E-state index in [1.165, 1.54) is 36.3 Å². The Balaban J connectivity index is 1.22. The van der Waals surface area contributed by atoms with Crippen LogP contribution in [0.1, 0.15) is 30.0 Å². The molecule has 3 fully saturated rings. The molecule has 2 bridgehead atoms. The summed E-state index contributed by atoms with van der Waals surface area (Å²) in [5.74, 6) is 2.14. The molecule has 2 aromatic carbocycles. The fraction of sp³-hybridized carbons (Fsp3) is 0.464. The van der Waals surface area contributed by atoms with Crippen molar-refractivity contribution in [2.45, 2.75) is 31.3 Å². The summed E-state index contributed by atoms with van der Waals surface area (Å²) in [5, 5.41) is 8.59. The molecule has 0 aliphatic carbocycles. The maximum absolute atomic E-state index is 5.58. The van der Waals surface area contributed by atoms with Crippen LogP contribution in [-0.2, 0) is 13.6 Å². The first-order valence-corrected chi connectivity index (χ1v) is 12.4. The number of hydrogen-bond acceptors (Lipinski definition) is 5. The second-order valence-corrected chi connectivity index (χ2v) is 10.0. The number of aromatic nitrogens is 2. The third-order valence-corrected chi connectivity index (χ3v) is 7.72. The molecule has 3 aromatic rings. The normalized spacial score (nSPS) is 23.8. The summed E-state index contributed by atoms with van der Waals surface area (Å²) < 4.78 is 7.67. The predicted octanol–water partition coefficient (Wildman–Crippen LogP) is 4.13. The van der Waals surface area contributed by atoms with E-state index in [1.807, 2.05) is 12.1 Å². The SMILES string of the molecule is COc1ccccc1-c1cc(C2CN3CCC2CC3CNCc2ccc(N(C)C)cc2)n(C)n1. The van der Waals surface area contributed by atoms with E-state index >= 15 is 0 Å². The van der Waals surface area contributed by atoms with Crippen molar-refractivity contribution in [3.8, 4) is 17.0 Å². The highest BCUT2D eigenvalue weighted by Crippen LogP contribution is 2.42. The number of benzene rings is 2. The van der Waals surface area contributed by atoms with Crippen LogP contribution in [0.5, 0.6) is 5.75 Å². The third-order valence-electron chi connectivity index (χ3n) is 7.72. The molecule has 6 nitrogen and oxygen atoms in total. The number of fused-ring (bicyclic) bond motifs is 3. The van der Waals surface area contributed by atoms with Crippen LogP contribution >= 0.6 is 0 Å². The quantitative estimate of drug-likeness (QED) is 0.549. The minimum absolute atomic E-state index is 0.546. The number of methoxy groups -OCH3 is 1. The number of nitrogens with zero attached hydrogens (tertiary/aromatic N) is 4. The number of aryl methyl sites for hydroxylation is 1. The summed E-state index contributed by atoms with van der Waals surface area (Å²) in [5.41, 5.74) is 6.01. The van der Waals surface area contributed by atoms with Gasteiger partial charge in [0, 0.05) is 69.7 Å². The van der Waals surface area contributed by atoms with Gasteiger partial charge in [-0.05, 0) is 61.2 Å². The van der Waals surface area contributed by atoms with Gasteiger partial charge in [0.05, 0.1) is 12.8 Å². The summed E-state index contributed by atoms with van der Waals surface area (Å²) >= 11 is 0. The third kappa shape index (κ3) is 4.57. The van der Waals surface area contributed by atoms with Crippen molar-refractivity contribution in [2.75, 3.05) is 45.7 Å². The zero-order valence-corrected chi connectivity index (χ0v) is 20.9. The van der Waals surface area contributed by atoms with Gasteiger partial charge in [0.1, 0.15) is 5.75 Å². The van der Waals surface area contributed by atoms with Crippen molar-refractivity contribution in [1.82, 2.24) is 20.0 Å². The lowest BCUT2D eigenvalue weighted by Crippen LogP contribution is -2.55. The van der Waals surface area contributed by atoms with E-state index in [2.05, 4.69) is 83.4 Å². The fourth-order valence-corrected chi connectivity index (χ4v) is 5.80. The van der Waals surface area contributed by atoms with Gasteiger partial charge in [-0.2, -0.15) is 5.10 Å². The van der Waals surface area contributed by atoms with Crippen LogP contribution in [0.4, 0.5) is 5.69 Å². The molecule has 1 N–H and O–H groups in total. The van der Waals surface area contributed by atoms with Crippen molar-refractivity contribution in [3.05, 3.63) is 65.9 Å². The maximum Gasteiger partial charge on any atom is 0.128 e. The van der Waals surface area contributed by atoms with Crippen molar-refractivity contribution in [3.63, 3.8) is 0 Å². The number of piperidine rings is 3. The van der Waals surface area contributed by atoms with Crippen LogP contribution in [0, 0.1) is 5.92 Å². The lowest BCUT2D eigenvalue weighted by atomic mass is 9.74. The minimum atomic E-state index is 0.546. The molecule has 4 atom stereocenters. The van der Waals surface area contributed by atoms with E-state index in [0.717, 1.165) is 42.6 Å². The van der Waals surface area contributed by atoms with Crippen molar-refractivity contribution in [1.29, 1.82) is 0 Å². The van der Waals surface area contributed by atoms with Gasteiger partial charge in [0.25, 0.3) is 0 Å². The molecule has 6 heteroatoms. The first kappa shape index (κ1) is 22.9. The fourth-order valence-electron chi connectivity index (χ4n) is 5.80. The molecule has 3 saturated heterocycles. The van der Waals surface area contributed by atoms with Gasteiger partial charge < -0.3 is 15.0 Å². The van der Waals surface area contributed by atoms with E-state index in [4.69, 9.17) is 9.84 Å². The lowest BCUT2D eigenvalue weighted by Gasteiger charge is -2.50. The van der Waals surface area contributed by atoms with Crippen LogP contribution in [0.15, 0.2) is 54.6 Å². The summed E-state index contributed by atoms with van der Waals surface area (Å²) in [6.45, 7) is 4.31. The van der Waals surface area contributed by atoms with Crippen LogP contribution in [0.3, 0.4) is 0 Å². The molecule has 0 radical (unpaired) electrons. The topological polar surface area (TPSA) is 45.6 Å². The maximum atomic E-state index is 5.58. The van der Waals surface area contributed by atoms with Gasteiger partial charge in [-0.1, -0.05) is 24.3 Å². The summed E-state index contributed by atoms with van der Waals surface area (Å²) in [7, 11) is 7.98. The largest absolute Gasteiger partial charge is 0.496 e. The van der Waals surface area contributed by atoms with Crippen molar-refractivity contribution >= 4 is 5.69 Å². The monoisotopic (exact) mass is 459 g/mol. The molecule has 1 aromatic heterocycles. The summed E-state index contributed by atoms with van der Waals surface area (Å²) in [6, 6.07) is 19.9. The zero-order valence-electron chi connectivity index (χ0n) is 20.9. The Bertz CT molecular complexity index is 1110. The van der Waals surface area contributed by atoms with Crippen molar-refractivity contribution in [2.24, 2.45) is 13.0 Å². The molecule has 34 heavy (non-hydrogen) atoms. The first-order valence-electron chi connectivity index (χ1n) is 12.4. The highest BCUT2D eigenvalue weighted by atomic mass is 16.5. The van der Waals surface area contributed by atoms with E-state index in [1.54, 1.807) is 7.11 Å². The number of anilines is 1. The number of para-hydroxylation sites is 1. The average molecular weight is 460 g/mol. The number of rotatable bonds is 8. The molecular formula is C28H37N5O. The smallest absolute Gasteiger partial charge is 0.128 e. The molecule has 4 heterocycles.